The van der Waals surface area contributed by atoms with Crippen LogP contribution in [0, 0.1) is 0 Å². The molecule has 0 aliphatic rings. The van der Waals surface area contributed by atoms with E-state index in [0.717, 1.165) is 0 Å². The van der Waals surface area contributed by atoms with Gasteiger partial charge in [-0.15, -0.1) is 0 Å². The van der Waals surface area contributed by atoms with Gasteiger partial charge in [-0.2, -0.15) is 0 Å². The van der Waals surface area contributed by atoms with Crippen molar-refractivity contribution in [1.29, 1.82) is 0 Å². The number of nitrogens with zero attached hydrogens (tertiary/aromatic N) is 1. The molecule has 0 radical (unpaired) electrons. The van der Waals surface area contributed by atoms with E-state index in [0.29, 0.717) is 0 Å². The van der Waals surface area contributed by atoms with Crippen LogP contribution >= 0.6 is 0 Å². The second kappa shape index (κ2) is 36.0. The van der Waals surface area contributed by atoms with Crippen molar-refractivity contribution in [2.45, 2.75) is 226 Å². The normalized spacial score (nSPS) is 11.7. The zero-order valence-electron chi connectivity index (χ0n) is 28.2. The summed E-state index contributed by atoms with van der Waals surface area (Å²) < 4.78 is 0. The van der Waals surface area contributed by atoms with Crippen molar-refractivity contribution in [1.82, 2.24) is 4.90 Å². The number of rotatable bonds is 35. The molecule has 0 atom stereocenters. The Morgan fingerprint density at radius 3 is 0.590 bits per heavy atom. The van der Waals surface area contributed by atoms with Crippen molar-refractivity contribution in [2.75, 3.05) is 19.6 Å². The van der Waals surface area contributed by atoms with Gasteiger partial charge in [0.1, 0.15) is 0 Å². The van der Waals surface area contributed by atoms with E-state index in [1.54, 1.807) is 0 Å². The van der Waals surface area contributed by atoms with Gasteiger partial charge in [0.05, 0.1) is 0 Å². The van der Waals surface area contributed by atoms with Crippen LogP contribution in [-0.2, 0) is 0 Å². The Morgan fingerprint density at radius 2 is 0.410 bits per heavy atom. The third kappa shape index (κ3) is 34.1. The molecule has 0 N–H and O–H groups in total. The first-order valence-corrected chi connectivity index (χ1v) is 19.1. The fourth-order valence-corrected chi connectivity index (χ4v) is 6.25. The summed E-state index contributed by atoms with van der Waals surface area (Å²) in [6.07, 6.45) is 47.3. The van der Waals surface area contributed by atoms with E-state index in [4.69, 9.17) is 0 Å². The Bertz CT molecular complexity index is 402. The molecular formula is C38H79N. The van der Waals surface area contributed by atoms with Crippen molar-refractivity contribution in [3.8, 4) is 0 Å². The van der Waals surface area contributed by atoms with Gasteiger partial charge in [0.25, 0.3) is 0 Å². The van der Waals surface area contributed by atoms with E-state index in [2.05, 4.69) is 25.7 Å². The lowest BCUT2D eigenvalue weighted by Crippen LogP contribution is -2.23. The van der Waals surface area contributed by atoms with Gasteiger partial charge in [-0.25, -0.2) is 0 Å². The smallest absolute Gasteiger partial charge is 0.00190 e. The highest BCUT2D eigenvalue weighted by atomic mass is 15.1. The van der Waals surface area contributed by atoms with Gasteiger partial charge in [-0.05, 0) is 26.1 Å². The molecule has 0 aromatic heterocycles. The van der Waals surface area contributed by atoms with E-state index in [1.165, 1.54) is 225 Å². The topological polar surface area (TPSA) is 3.24 Å². The van der Waals surface area contributed by atoms with Crippen molar-refractivity contribution < 1.29 is 0 Å². The van der Waals surface area contributed by atoms with E-state index in [1.807, 2.05) is 0 Å². The van der Waals surface area contributed by atoms with Crippen molar-refractivity contribution in [2.24, 2.45) is 0 Å². The summed E-state index contributed by atoms with van der Waals surface area (Å²) in [6.45, 7) is 10.6. The molecule has 0 heterocycles. The van der Waals surface area contributed by atoms with Crippen LogP contribution < -0.4 is 0 Å². The molecule has 0 saturated heterocycles. The maximum Gasteiger partial charge on any atom is -0.00190 e. The molecule has 0 aromatic rings. The first-order chi connectivity index (χ1) is 19.3. The molecule has 0 aliphatic heterocycles. The average molecular weight is 550 g/mol. The lowest BCUT2D eigenvalue weighted by atomic mass is 10.0. The monoisotopic (exact) mass is 550 g/mol. The molecule has 0 saturated carbocycles. The van der Waals surface area contributed by atoms with Gasteiger partial charge >= 0.3 is 0 Å². The lowest BCUT2D eigenvalue weighted by molar-refractivity contribution is 0.295. The average Bonchev–Trinajstić information content (AvgIpc) is 2.95. The molecule has 39 heavy (non-hydrogen) atoms. The van der Waals surface area contributed by atoms with Gasteiger partial charge < -0.3 is 4.90 Å². The fraction of sp³-hybridized carbons (Fsp3) is 1.00. The molecule has 1 nitrogen and oxygen atoms in total. The Morgan fingerprint density at radius 1 is 0.231 bits per heavy atom. The number of hydrogen-bond donors (Lipinski definition) is 0. The van der Waals surface area contributed by atoms with Crippen LogP contribution in [0.2, 0.25) is 0 Å². The minimum absolute atomic E-state index is 1.22. The van der Waals surface area contributed by atoms with Crippen LogP contribution in [0.5, 0.6) is 0 Å². The standard InChI is InChI=1S/C38H79N/c1-4-7-8-9-10-11-12-13-14-15-16-17-18-19-20-21-22-23-24-25-26-27-28-29-30-31-32-33-34-35-36-37-38-39(5-2)6-3/h4-38H2,1-3H3. The maximum atomic E-state index is 2.56. The van der Waals surface area contributed by atoms with Crippen LogP contribution in [0.3, 0.4) is 0 Å². The minimum atomic E-state index is 1.22. The zero-order chi connectivity index (χ0) is 28.3. The van der Waals surface area contributed by atoms with E-state index < -0.39 is 0 Å². The van der Waals surface area contributed by atoms with Crippen LogP contribution in [0.1, 0.15) is 226 Å². The molecule has 1 heteroatoms. The summed E-state index contributed by atoms with van der Waals surface area (Å²) in [5, 5.41) is 0. The van der Waals surface area contributed by atoms with Crippen LogP contribution in [0.15, 0.2) is 0 Å². The Balaban J connectivity index is 3.05. The number of unbranched alkanes of at least 4 members (excludes halogenated alkanes) is 31. The Labute approximate surface area is 250 Å². The minimum Gasteiger partial charge on any atom is -0.304 e. The SMILES string of the molecule is CCCCCCCCCCCCCCCCCCCCCCCCCCCCCCCCCCN(CC)CC. The molecule has 0 unspecified atom stereocenters. The van der Waals surface area contributed by atoms with Gasteiger partial charge in [0, 0.05) is 0 Å². The molecule has 0 aromatic carbocycles. The lowest BCUT2D eigenvalue weighted by Gasteiger charge is -2.17. The highest BCUT2D eigenvalue weighted by Gasteiger charge is 1.99. The molecular weight excluding hydrogens is 470 g/mol. The van der Waals surface area contributed by atoms with Gasteiger partial charge in [-0.1, -0.05) is 220 Å². The predicted octanol–water partition coefficient (Wildman–Crippen LogP) is 13.8. The Hall–Kier alpha value is -0.0400. The van der Waals surface area contributed by atoms with Gasteiger partial charge in [0.2, 0.25) is 0 Å². The largest absolute Gasteiger partial charge is 0.304 e. The molecule has 0 bridgehead atoms. The predicted molar refractivity (Wildman–Crippen MR) is 181 cm³/mol. The summed E-state index contributed by atoms with van der Waals surface area (Å²) in [6, 6.07) is 0. The van der Waals surface area contributed by atoms with Gasteiger partial charge in [0.15, 0.2) is 0 Å². The Kier molecular flexibility index (Phi) is 35.9. The maximum absolute atomic E-state index is 2.56. The molecule has 236 valence electrons. The molecule has 0 rings (SSSR count). The second-order valence-electron chi connectivity index (χ2n) is 13.0. The summed E-state index contributed by atoms with van der Waals surface area (Å²) in [5.41, 5.74) is 0. The van der Waals surface area contributed by atoms with Crippen LogP contribution in [-0.4, -0.2) is 24.5 Å². The quantitative estimate of drug-likeness (QED) is 0.0710. The summed E-state index contributed by atoms with van der Waals surface area (Å²) in [7, 11) is 0. The van der Waals surface area contributed by atoms with Crippen molar-refractivity contribution in [3.63, 3.8) is 0 Å². The third-order valence-electron chi connectivity index (χ3n) is 9.22. The molecule has 0 fully saturated rings. The van der Waals surface area contributed by atoms with E-state index >= 15 is 0 Å². The molecule has 0 amide bonds. The summed E-state index contributed by atoms with van der Waals surface area (Å²) in [5.74, 6) is 0. The molecule has 0 aliphatic carbocycles. The highest BCUT2D eigenvalue weighted by molar-refractivity contribution is 4.55. The highest BCUT2D eigenvalue weighted by Crippen LogP contribution is 2.16. The second-order valence-corrected chi connectivity index (χ2v) is 13.0. The van der Waals surface area contributed by atoms with E-state index in [9.17, 15) is 0 Å². The fourth-order valence-electron chi connectivity index (χ4n) is 6.25. The van der Waals surface area contributed by atoms with E-state index in [-0.39, 0.29) is 0 Å². The van der Waals surface area contributed by atoms with Crippen molar-refractivity contribution in [3.05, 3.63) is 0 Å². The zero-order valence-corrected chi connectivity index (χ0v) is 28.2. The first kappa shape index (κ1) is 39.0. The van der Waals surface area contributed by atoms with Crippen molar-refractivity contribution >= 4 is 0 Å². The summed E-state index contributed by atoms with van der Waals surface area (Å²) >= 11 is 0. The summed E-state index contributed by atoms with van der Waals surface area (Å²) in [4.78, 5) is 2.56. The number of hydrogen-bond acceptors (Lipinski definition) is 1. The van der Waals surface area contributed by atoms with Crippen LogP contribution in [0.4, 0.5) is 0 Å². The first-order valence-electron chi connectivity index (χ1n) is 19.1. The van der Waals surface area contributed by atoms with Gasteiger partial charge in [-0.3, -0.25) is 0 Å². The third-order valence-corrected chi connectivity index (χ3v) is 9.22. The van der Waals surface area contributed by atoms with Crippen LogP contribution in [0.25, 0.3) is 0 Å². The molecule has 0 spiro atoms.